The van der Waals surface area contributed by atoms with Gasteiger partial charge in [0.05, 0.1) is 13.7 Å². The summed E-state index contributed by atoms with van der Waals surface area (Å²) in [6.07, 6.45) is 0. The third-order valence-electron chi connectivity index (χ3n) is 2.35. The van der Waals surface area contributed by atoms with Gasteiger partial charge in [0.2, 0.25) is 0 Å². The Morgan fingerprint density at radius 3 is 2.53 bits per heavy atom. The highest BCUT2D eigenvalue weighted by Crippen LogP contribution is 2.28. The summed E-state index contributed by atoms with van der Waals surface area (Å²) in [4.78, 5) is 4.57. The largest absolute Gasteiger partial charge is 0.497 e. The smallest absolute Gasteiger partial charge is 0.130 e. The predicted molar refractivity (Wildman–Crippen MR) is 56.1 cm³/mol. The minimum absolute atomic E-state index is 0.260. The Kier molecular flexibility index (Phi) is 3.66. The van der Waals surface area contributed by atoms with E-state index in [9.17, 15) is 4.39 Å². The van der Waals surface area contributed by atoms with Gasteiger partial charge in [-0.3, -0.25) is 0 Å². The van der Waals surface area contributed by atoms with Gasteiger partial charge in [-0.25, -0.2) is 10.3 Å². The van der Waals surface area contributed by atoms with Gasteiger partial charge in [-0.2, -0.15) is 0 Å². The molecule has 1 aromatic carbocycles. The summed E-state index contributed by atoms with van der Waals surface area (Å²) in [5, 5.41) is 0. The Labute approximate surface area is 88.9 Å². The molecule has 0 heterocycles. The molecule has 3 nitrogen and oxygen atoms in total. The van der Waals surface area contributed by atoms with E-state index in [4.69, 9.17) is 10.6 Å². The number of hydrogen-bond acceptors (Lipinski definition) is 3. The third-order valence-corrected chi connectivity index (χ3v) is 2.35. The van der Waals surface area contributed by atoms with E-state index in [0.29, 0.717) is 11.3 Å². The average Bonchev–Trinajstić information content (AvgIpc) is 2.17. The molecule has 0 aliphatic heterocycles. The van der Waals surface area contributed by atoms with Crippen molar-refractivity contribution in [1.82, 2.24) is 0 Å². The quantitative estimate of drug-likeness (QED) is 0.778. The summed E-state index contributed by atoms with van der Waals surface area (Å²) in [7, 11) is 1.50. The molecule has 1 aromatic rings. The monoisotopic (exact) mass is 213 g/mol. The minimum atomic E-state index is -0.453. The first-order valence-electron chi connectivity index (χ1n) is 4.67. The van der Waals surface area contributed by atoms with E-state index in [1.807, 2.05) is 13.8 Å². The van der Waals surface area contributed by atoms with Crippen LogP contribution in [0.5, 0.6) is 5.75 Å². The van der Waals surface area contributed by atoms with E-state index >= 15 is 0 Å². The summed E-state index contributed by atoms with van der Waals surface area (Å²) in [5.74, 6) is 5.20. The zero-order chi connectivity index (χ0) is 11.5. The van der Waals surface area contributed by atoms with Crippen LogP contribution in [-0.4, -0.2) is 13.7 Å². The van der Waals surface area contributed by atoms with Gasteiger partial charge in [0.15, 0.2) is 0 Å². The summed E-state index contributed by atoms with van der Waals surface area (Å²) < 4.78 is 18.6. The summed E-state index contributed by atoms with van der Waals surface area (Å²) >= 11 is 0. The molecule has 1 rings (SSSR count). The number of rotatable bonds is 4. The molecule has 0 aliphatic rings. The van der Waals surface area contributed by atoms with Gasteiger partial charge < -0.3 is 9.57 Å². The standard InChI is InChI=1S/C11H16FNO2/c1-11(2,7-15-13)9-5-4-8(14-3)6-10(9)12/h4-6H,7,13H2,1-3H3. The molecule has 0 saturated heterocycles. The maximum Gasteiger partial charge on any atom is 0.130 e. The molecule has 0 atom stereocenters. The second-order valence-corrected chi connectivity index (χ2v) is 4.04. The average molecular weight is 213 g/mol. The van der Waals surface area contributed by atoms with Gasteiger partial charge in [0, 0.05) is 11.5 Å². The van der Waals surface area contributed by atoms with E-state index in [2.05, 4.69) is 4.84 Å². The number of ether oxygens (including phenoxy) is 1. The Morgan fingerprint density at radius 2 is 2.07 bits per heavy atom. The van der Waals surface area contributed by atoms with Crippen LogP contribution in [0.3, 0.4) is 0 Å². The fourth-order valence-electron chi connectivity index (χ4n) is 1.46. The lowest BCUT2D eigenvalue weighted by atomic mass is 9.85. The van der Waals surface area contributed by atoms with Crippen molar-refractivity contribution in [3.05, 3.63) is 29.6 Å². The predicted octanol–water partition coefficient (Wildman–Crippen LogP) is 2.00. The zero-order valence-corrected chi connectivity index (χ0v) is 9.21. The number of halogens is 1. The molecule has 0 radical (unpaired) electrons. The summed E-state index contributed by atoms with van der Waals surface area (Å²) in [6.45, 7) is 3.99. The molecule has 0 amide bonds. The first-order valence-corrected chi connectivity index (χ1v) is 4.67. The van der Waals surface area contributed by atoms with Gasteiger partial charge in [-0.05, 0) is 11.6 Å². The molecule has 0 spiro atoms. The Hall–Kier alpha value is -1.13. The molecule has 2 N–H and O–H groups in total. The molecule has 0 saturated carbocycles. The van der Waals surface area contributed by atoms with Crippen LogP contribution in [0.15, 0.2) is 18.2 Å². The van der Waals surface area contributed by atoms with Crippen molar-refractivity contribution < 1.29 is 14.0 Å². The lowest BCUT2D eigenvalue weighted by Crippen LogP contribution is -2.27. The fraction of sp³-hybridized carbons (Fsp3) is 0.455. The number of benzene rings is 1. The van der Waals surface area contributed by atoms with Crippen LogP contribution in [0.25, 0.3) is 0 Å². The highest BCUT2D eigenvalue weighted by molar-refractivity contribution is 5.33. The molecule has 4 heteroatoms. The van der Waals surface area contributed by atoms with Crippen molar-refractivity contribution in [2.24, 2.45) is 5.90 Å². The van der Waals surface area contributed by atoms with Crippen LogP contribution in [-0.2, 0) is 10.3 Å². The second kappa shape index (κ2) is 4.59. The van der Waals surface area contributed by atoms with Crippen molar-refractivity contribution in [3.8, 4) is 5.75 Å². The second-order valence-electron chi connectivity index (χ2n) is 4.04. The van der Waals surface area contributed by atoms with Crippen LogP contribution >= 0.6 is 0 Å². The third kappa shape index (κ3) is 2.67. The van der Waals surface area contributed by atoms with E-state index in [-0.39, 0.29) is 12.4 Å². The first-order chi connectivity index (χ1) is 7.01. The van der Waals surface area contributed by atoms with Gasteiger partial charge in [-0.15, -0.1) is 0 Å². The van der Waals surface area contributed by atoms with Gasteiger partial charge >= 0.3 is 0 Å². The number of nitrogens with two attached hydrogens (primary N) is 1. The fourth-order valence-corrected chi connectivity index (χ4v) is 1.46. The van der Waals surface area contributed by atoms with Crippen molar-refractivity contribution in [2.75, 3.05) is 13.7 Å². The molecule has 15 heavy (non-hydrogen) atoms. The van der Waals surface area contributed by atoms with Crippen LogP contribution < -0.4 is 10.6 Å². The molecule has 84 valence electrons. The van der Waals surface area contributed by atoms with E-state index < -0.39 is 5.41 Å². The van der Waals surface area contributed by atoms with E-state index in [0.717, 1.165) is 0 Å². The van der Waals surface area contributed by atoms with Crippen molar-refractivity contribution in [2.45, 2.75) is 19.3 Å². The van der Waals surface area contributed by atoms with Crippen LogP contribution in [0.1, 0.15) is 19.4 Å². The normalized spacial score (nSPS) is 11.5. The summed E-state index contributed by atoms with van der Waals surface area (Å²) in [6, 6.07) is 4.76. The Morgan fingerprint density at radius 1 is 1.40 bits per heavy atom. The maximum absolute atomic E-state index is 13.7. The molecule has 0 aliphatic carbocycles. The first kappa shape index (κ1) is 11.9. The molecule has 0 bridgehead atoms. The topological polar surface area (TPSA) is 44.5 Å². The molecule has 0 aromatic heterocycles. The van der Waals surface area contributed by atoms with Crippen LogP contribution in [0.2, 0.25) is 0 Å². The van der Waals surface area contributed by atoms with Gasteiger partial charge in [0.25, 0.3) is 0 Å². The van der Waals surface area contributed by atoms with Crippen LogP contribution in [0, 0.1) is 5.82 Å². The van der Waals surface area contributed by atoms with Crippen LogP contribution in [0.4, 0.5) is 4.39 Å². The molecule has 0 unspecified atom stereocenters. The van der Waals surface area contributed by atoms with E-state index in [1.165, 1.54) is 13.2 Å². The maximum atomic E-state index is 13.7. The summed E-state index contributed by atoms with van der Waals surface area (Å²) in [5.41, 5.74) is 0.110. The van der Waals surface area contributed by atoms with Gasteiger partial charge in [0.1, 0.15) is 11.6 Å². The van der Waals surface area contributed by atoms with Gasteiger partial charge in [-0.1, -0.05) is 19.9 Å². The number of methoxy groups -OCH3 is 1. The zero-order valence-electron chi connectivity index (χ0n) is 9.21. The lowest BCUT2D eigenvalue weighted by Gasteiger charge is -2.24. The molecule has 0 fully saturated rings. The van der Waals surface area contributed by atoms with E-state index in [1.54, 1.807) is 12.1 Å². The van der Waals surface area contributed by atoms with Crippen molar-refractivity contribution >= 4 is 0 Å². The Bertz CT molecular complexity index is 339. The molecular weight excluding hydrogens is 197 g/mol. The Balaban J connectivity index is 3.04. The van der Waals surface area contributed by atoms with Crippen molar-refractivity contribution in [1.29, 1.82) is 0 Å². The highest BCUT2D eigenvalue weighted by atomic mass is 19.1. The lowest BCUT2D eigenvalue weighted by molar-refractivity contribution is 0.0950. The molecular formula is C11H16FNO2. The number of hydrogen-bond donors (Lipinski definition) is 1. The minimum Gasteiger partial charge on any atom is -0.497 e. The van der Waals surface area contributed by atoms with Crippen molar-refractivity contribution in [3.63, 3.8) is 0 Å². The highest BCUT2D eigenvalue weighted by Gasteiger charge is 2.24. The SMILES string of the molecule is COc1ccc(C(C)(C)CON)c(F)c1.